The highest BCUT2D eigenvalue weighted by molar-refractivity contribution is 6.06. The SMILES string of the molecule is CCCCCN1C(=O)N(c2cccc3ccccc23)[C@@H](N(O)C(=O)Nc2cccc3ccccc23)C1(C)C. The molecule has 5 rings (SSSR count). The largest absolute Gasteiger partial charge is 0.347 e. The number of hydrogen-bond acceptors (Lipinski definition) is 3. The van der Waals surface area contributed by atoms with E-state index in [0.717, 1.165) is 40.8 Å². The second-order valence-electron chi connectivity index (χ2n) is 10.3. The number of fused-ring (bicyclic) bond motifs is 2. The Morgan fingerprint density at radius 1 is 0.895 bits per heavy atom. The van der Waals surface area contributed by atoms with Gasteiger partial charge >= 0.3 is 12.1 Å². The molecule has 1 aliphatic heterocycles. The molecule has 0 saturated carbocycles. The summed E-state index contributed by atoms with van der Waals surface area (Å²) in [6.45, 7) is 6.47. The lowest BCUT2D eigenvalue weighted by Crippen LogP contribution is -2.58. The van der Waals surface area contributed by atoms with Crippen molar-refractivity contribution in [1.29, 1.82) is 0 Å². The van der Waals surface area contributed by atoms with Crippen LogP contribution in [0, 0.1) is 0 Å². The Hall–Kier alpha value is -4.10. The third-order valence-electron chi connectivity index (χ3n) is 7.49. The molecule has 0 radical (unpaired) electrons. The molecule has 38 heavy (non-hydrogen) atoms. The van der Waals surface area contributed by atoms with E-state index >= 15 is 0 Å². The number of urea groups is 2. The van der Waals surface area contributed by atoms with Gasteiger partial charge in [0.05, 0.1) is 16.9 Å². The van der Waals surface area contributed by atoms with Crippen LogP contribution in [0.1, 0.15) is 40.0 Å². The molecule has 196 valence electrons. The molecule has 0 spiro atoms. The van der Waals surface area contributed by atoms with Gasteiger partial charge in [0.1, 0.15) is 0 Å². The van der Waals surface area contributed by atoms with E-state index in [4.69, 9.17) is 0 Å². The van der Waals surface area contributed by atoms with E-state index < -0.39 is 17.7 Å². The highest BCUT2D eigenvalue weighted by atomic mass is 16.5. The van der Waals surface area contributed by atoms with Crippen LogP contribution < -0.4 is 10.2 Å². The molecule has 2 N–H and O–H groups in total. The van der Waals surface area contributed by atoms with Crippen LogP contribution in [0.3, 0.4) is 0 Å². The van der Waals surface area contributed by atoms with Gasteiger partial charge in [-0.2, -0.15) is 5.06 Å². The molecule has 0 aliphatic carbocycles. The minimum atomic E-state index is -0.961. The molecule has 7 nitrogen and oxygen atoms in total. The molecule has 4 aromatic carbocycles. The van der Waals surface area contributed by atoms with Gasteiger partial charge in [-0.15, -0.1) is 0 Å². The number of nitrogens with one attached hydrogen (secondary N) is 1. The Morgan fingerprint density at radius 2 is 1.50 bits per heavy atom. The summed E-state index contributed by atoms with van der Waals surface area (Å²) in [5.41, 5.74) is 0.374. The maximum absolute atomic E-state index is 14.0. The molecule has 0 aromatic heterocycles. The average molecular weight is 511 g/mol. The molecule has 1 saturated heterocycles. The Bertz CT molecular complexity index is 1470. The van der Waals surface area contributed by atoms with Crippen molar-refractivity contribution in [3.63, 3.8) is 0 Å². The quantitative estimate of drug-likeness (QED) is 0.154. The highest BCUT2D eigenvalue weighted by Crippen LogP contribution is 2.41. The van der Waals surface area contributed by atoms with Crippen LogP contribution in [-0.2, 0) is 0 Å². The minimum Gasteiger partial charge on any atom is -0.315 e. The van der Waals surface area contributed by atoms with Crippen LogP contribution in [-0.4, -0.2) is 45.5 Å². The first-order valence-corrected chi connectivity index (χ1v) is 13.2. The van der Waals surface area contributed by atoms with Gasteiger partial charge in [0.2, 0.25) is 0 Å². The summed E-state index contributed by atoms with van der Waals surface area (Å²) >= 11 is 0. The second-order valence-corrected chi connectivity index (χ2v) is 10.3. The van der Waals surface area contributed by atoms with Crippen molar-refractivity contribution in [2.24, 2.45) is 0 Å². The van der Waals surface area contributed by atoms with Crippen LogP contribution in [0.15, 0.2) is 84.9 Å². The van der Waals surface area contributed by atoms with Crippen molar-refractivity contribution in [2.75, 3.05) is 16.8 Å². The molecular formula is C31H34N4O3. The Kier molecular flexibility index (Phi) is 6.95. The summed E-state index contributed by atoms with van der Waals surface area (Å²) in [7, 11) is 0. The van der Waals surface area contributed by atoms with Crippen molar-refractivity contribution in [3.05, 3.63) is 84.9 Å². The van der Waals surface area contributed by atoms with E-state index in [2.05, 4.69) is 12.2 Å². The topological polar surface area (TPSA) is 76.1 Å². The fraction of sp³-hybridized carbons (Fsp3) is 0.290. The van der Waals surface area contributed by atoms with Crippen LogP contribution >= 0.6 is 0 Å². The van der Waals surface area contributed by atoms with E-state index in [1.54, 1.807) is 15.9 Å². The van der Waals surface area contributed by atoms with Crippen molar-refractivity contribution in [1.82, 2.24) is 9.96 Å². The summed E-state index contributed by atoms with van der Waals surface area (Å²) in [5, 5.41) is 18.7. The molecule has 1 atom stereocenters. The number of amides is 4. The van der Waals surface area contributed by atoms with Gasteiger partial charge in [-0.1, -0.05) is 92.6 Å². The fourth-order valence-corrected chi connectivity index (χ4v) is 5.52. The van der Waals surface area contributed by atoms with Crippen LogP contribution in [0.4, 0.5) is 21.0 Å². The Balaban J connectivity index is 1.55. The first-order valence-electron chi connectivity index (χ1n) is 13.2. The first kappa shape index (κ1) is 25.5. The lowest BCUT2D eigenvalue weighted by atomic mass is 9.98. The first-order chi connectivity index (χ1) is 18.3. The van der Waals surface area contributed by atoms with E-state index in [0.29, 0.717) is 23.0 Å². The zero-order chi connectivity index (χ0) is 26.9. The number of carbonyl (C=O) groups excluding carboxylic acids is 2. The number of nitrogens with zero attached hydrogens (tertiary/aromatic N) is 3. The predicted octanol–water partition coefficient (Wildman–Crippen LogP) is 7.45. The van der Waals surface area contributed by atoms with E-state index in [1.807, 2.05) is 92.7 Å². The molecule has 1 fully saturated rings. The monoisotopic (exact) mass is 510 g/mol. The van der Waals surface area contributed by atoms with E-state index in [1.165, 1.54) is 0 Å². The van der Waals surface area contributed by atoms with Crippen LogP contribution in [0.25, 0.3) is 21.5 Å². The lowest BCUT2D eigenvalue weighted by molar-refractivity contribution is -0.0948. The number of hydroxylamine groups is 2. The van der Waals surface area contributed by atoms with Crippen molar-refractivity contribution < 1.29 is 14.8 Å². The highest BCUT2D eigenvalue weighted by Gasteiger charge is 2.56. The molecule has 0 unspecified atom stereocenters. The summed E-state index contributed by atoms with van der Waals surface area (Å²) < 4.78 is 0. The zero-order valence-electron chi connectivity index (χ0n) is 22.1. The molecule has 1 heterocycles. The fourth-order valence-electron chi connectivity index (χ4n) is 5.52. The third kappa shape index (κ3) is 4.43. The van der Waals surface area contributed by atoms with Crippen molar-refractivity contribution >= 4 is 45.0 Å². The molecular weight excluding hydrogens is 476 g/mol. The Labute approximate surface area is 223 Å². The van der Waals surface area contributed by atoms with Crippen molar-refractivity contribution in [3.8, 4) is 0 Å². The van der Waals surface area contributed by atoms with Gasteiger partial charge in [0, 0.05) is 17.3 Å². The summed E-state index contributed by atoms with van der Waals surface area (Å²) in [4.78, 5) is 30.9. The van der Waals surface area contributed by atoms with Gasteiger partial charge < -0.3 is 10.2 Å². The van der Waals surface area contributed by atoms with Gasteiger partial charge in [-0.3, -0.25) is 10.1 Å². The summed E-state index contributed by atoms with van der Waals surface area (Å²) in [6.07, 6.45) is 1.90. The minimum absolute atomic E-state index is 0.232. The lowest BCUT2D eigenvalue weighted by Gasteiger charge is -2.38. The molecule has 7 heteroatoms. The zero-order valence-corrected chi connectivity index (χ0v) is 22.1. The summed E-state index contributed by atoms with van der Waals surface area (Å²) in [5.74, 6) is 0. The van der Waals surface area contributed by atoms with Crippen molar-refractivity contribution in [2.45, 2.75) is 51.7 Å². The standard InChI is InChI=1S/C31H34N4O3/c1-4-5-10-21-33-30(37)34(27-20-12-16-23-14-7-9-18-25(23)27)28(31(33,2)3)35(38)29(36)32-26-19-11-15-22-13-6-8-17-24(22)26/h6-9,11-20,28,38H,4-5,10,21H2,1-3H3,(H,32,36)/t28-/m0/s1. The number of carbonyl (C=O) groups is 2. The third-order valence-corrected chi connectivity index (χ3v) is 7.49. The van der Waals surface area contributed by atoms with Gasteiger partial charge in [-0.05, 0) is 43.2 Å². The molecule has 0 bridgehead atoms. The second kappa shape index (κ2) is 10.3. The average Bonchev–Trinajstić information content (AvgIpc) is 3.12. The molecule has 1 aliphatic rings. The number of anilines is 2. The number of benzene rings is 4. The predicted molar refractivity (Wildman–Crippen MR) is 153 cm³/mol. The Morgan fingerprint density at radius 3 is 2.21 bits per heavy atom. The number of rotatable bonds is 7. The van der Waals surface area contributed by atoms with Gasteiger partial charge in [0.25, 0.3) is 0 Å². The van der Waals surface area contributed by atoms with E-state index in [9.17, 15) is 14.8 Å². The van der Waals surface area contributed by atoms with Crippen LogP contribution in [0.5, 0.6) is 0 Å². The van der Waals surface area contributed by atoms with Gasteiger partial charge in [0.15, 0.2) is 6.17 Å². The van der Waals surface area contributed by atoms with Gasteiger partial charge in [-0.25, -0.2) is 9.59 Å². The van der Waals surface area contributed by atoms with Crippen LogP contribution in [0.2, 0.25) is 0 Å². The maximum Gasteiger partial charge on any atom is 0.347 e. The normalized spacial score (nSPS) is 16.8. The summed E-state index contributed by atoms with van der Waals surface area (Å²) in [6, 6.07) is 26.0. The molecule has 4 amide bonds. The smallest absolute Gasteiger partial charge is 0.315 e. The number of unbranched alkanes of at least 4 members (excludes halogenated alkanes) is 2. The molecule has 4 aromatic rings. The maximum atomic E-state index is 14.0. The number of hydrogen-bond donors (Lipinski definition) is 2. The van der Waals surface area contributed by atoms with E-state index in [-0.39, 0.29) is 6.03 Å².